The van der Waals surface area contributed by atoms with Crippen LogP contribution in [0.2, 0.25) is 0 Å². The smallest absolute Gasteiger partial charge is 0.188 e. The summed E-state index contributed by atoms with van der Waals surface area (Å²) in [5, 5.41) is 12.3. The van der Waals surface area contributed by atoms with Gasteiger partial charge in [0.25, 0.3) is 0 Å². The van der Waals surface area contributed by atoms with Gasteiger partial charge in [-0.05, 0) is 42.8 Å². The summed E-state index contributed by atoms with van der Waals surface area (Å²) in [4.78, 5) is 5.14. The minimum Gasteiger partial charge on any atom is -0.455 e. The fourth-order valence-electron chi connectivity index (χ4n) is 4.72. The molecule has 0 aliphatic rings. The molecule has 5 heteroatoms. The molecule has 0 aliphatic carbocycles. The van der Waals surface area contributed by atoms with Crippen LogP contribution in [0.1, 0.15) is 5.56 Å². The number of rotatable bonds is 2. The average molecular weight is 426 g/mol. The maximum absolute atomic E-state index is 6.40. The number of aryl methyl sites for hydroxylation is 1. The van der Waals surface area contributed by atoms with Crippen molar-refractivity contribution < 1.29 is 4.42 Å². The third-order valence-corrected chi connectivity index (χ3v) is 6.25. The van der Waals surface area contributed by atoms with Crippen molar-refractivity contribution in [2.45, 2.75) is 6.92 Å². The zero-order chi connectivity index (χ0) is 21.9. The summed E-state index contributed by atoms with van der Waals surface area (Å²) in [5.74, 6) is 0.783. The molecule has 0 amide bonds. The van der Waals surface area contributed by atoms with Gasteiger partial charge in [0, 0.05) is 21.8 Å². The van der Waals surface area contributed by atoms with E-state index in [1.165, 1.54) is 5.56 Å². The fourth-order valence-corrected chi connectivity index (χ4v) is 4.72. The quantitative estimate of drug-likeness (QED) is 0.304. The third-order valence-electron chi connectivity index (χ3n) is 6.25. The number of imidazole rings is 1. The molecule has 0 aliphatic heterocycles. The van der Waals surface area contributed by atoms with Crippen molar-refractivity contribution >= 4 is 44.0 Å². The molecule has 0 saturated carbocycles. The van der Waals surface area contributed by atoms with Gasteiger partial charge in [-0.25, -0.2) is 4.98 Å². The SMILES string of the molecule is Cc1ccc(-c2nc3c4ccccc4nnc3n2-c2ccccc2)c2oc3ccccc3c12. The summed E-state index contributed by atoms with van der Waals surface area (Å²) >= 11 is 0. The lowest BCUT2D eigenvalue weighted by atomic mass is 10.0. The van der Waals surface area contributed by atoms with Crippen molar-refractivity contribution in [2.75, 3.05) is 0 Å². The molecule has 7 aromatic rings. The van der Waals surface area contributed by atoms with Gasteiger partial charge >= 0.3 is 0 Å². The molecule has 0 bridgehead atoms. The lowest BCUT2D eigenvalue weighted by Gasteiger charge is -2.09. The van der Waals surface area contributed by atoms with Crippen molar-refractivity contribution in [1.29, 1.82) is 0 Å². The Morgan fingerprint density at radius 2 is 1.48 bits per heavy atom. The third kappa shape index (κ3) is 2.56. The molecule has 7 rings (SSSR count). The highest BCUT2D eigenvalue weighted by Gasteiger charge is 2.22. The van der Waals surface area contributed by atoms with Crippen LogP contribution in [0.25, 0.3) is 61.1 Å². The predicted octanol–water partition coefficient (Wildman–Crippen LogP) is 6.84. The Bertz CT molecular complexity index is 1830. The first kappa shape index (κ1) is 18.1. The van der Waals surface area contributed by atoms with Gasteiger partial charge in [-0.3, -0.25) is 4.57 Å². The number of fused-ring (bicyclic) bond motifs is 6. The molecule has 0 N–H and O–H groups in total. The van der Waals surface area contributed by atoms with Crippen LogP contribution in [-0.2, 0) is 0 Å². The van der Waals surface area contributed by atoms with Crippen molar-refractivity contribution in [3.8, 4) is 17.1 Å². The van der Waals surface area contributed by atoms with Gasteiger partial charge in [0.15, 0.2) is 11.5 Å². The molecular weight excluding hydrogens is 408 g/mol. The normalized spacial score (nSPS) is 11.8. The van der Waals surface area contributed by atoms with E-state index in [0.29, 0.717) is 0 Å². The summed E-state index contributed by atoms with van der Waals surface area (Å²) in [6.45, 7) is 2.12. The number of aromatic nitrogens is 4. The summed E-state index contributed by atoms with van der Waals surface area (Å²) < 4.78 is 8.48. The van der Waals surface area contributed by atoms with Crippen LogP contribution in [0.15, 0.2) is 95.4 Å². The highest BCUT2D eigenvalue weighted by atomic mass is 16.3. The Hall–Kier alpha value is -4.51. The molecule has 0 radical (unpaired) electrons. The van der Waals surface area contributed by atoms with Crippen LogP contribution >= 0.6 is 0 Å². The minimum atomic E-state index is 0.722. The van der Waals surface area contributed by atoms with E-state index in [0.717, 1.165) is 61.1 Å². The largest absolute Gasteiger partial charge is 0.455 e. The zero-order valence-electron chi connectivity index (χ0n) is 17.9. The van der Waals surface area contributed by atoms with Crippen molar-refractivity contribution in [1.82, 2.24) is 19.7 Å². The van der Waals surface area contributed by atoms with Gasteiger partial charge in [-0.1, -0.05) is 60.7 Å². The number of nitrogens with zero attached hydrogens (tertiary/aromatic N) is 4. The predicted molar refractivity (Wildman–Crippen MR) is 132 cm³/mol. The van der Waals surface area contributed by atoms with E-state index in [1.54, 1.807) is 0 Å². The van der Waals surface area contributed by atoms with Gasteiger partial charge < -0.3 is 4.42 Å². The number of para-hydroxylation sites is 2. The first-order valence-electron chi connectivity index (χ1n) is 10.9. The Labute approximate surface area is 188 Å². The van der Waals surface area contributed by atoms with Gasteiger partial charge in [0.05, 0.1) is 11.1 Å². The number of benzene rings is 4. The minimum absolute atomic E-state index is 0.722. The van der Waals surface area contributed by atoms with E-state index in [9.17, 15) is 0 Å². The van der Waals surface area contributed by atoms with Crippen molar-refractivity contribution in [3.63, 3.8) is 0 Å². The maximum atomic E-state index is 6.40. The molecule has 0 saturated heterocycles. The highest BCUT2D eigenvalue weighted by Crippen LogP contribution is 2.39. The second-order valence-corrected chi connectivity index (χ2v) is 8.23. The number of furan rings is 1. The van der Waals surface area contributed by atoms with Crippen molar-refractivity contribution in [2.24, 2.45) is 0 Å². The molecule has 156 valence electrons. The van der Waals surface area contributed by atoms with Crippen LogP contribution < -0.4 is 0 Å². The van der Waals surface area contributed by atoms with E-state index in [-0.39, 0.29) is 0 Å². The monoisotopic (exact) mass is 426 g/mol. The lowest BCUT2D eigenvalue weighted by Crippen LogP contribution is -1.99. The molecule has 0 unspecified atom stereocenters. The van der Waals surface area contributed by atoms with E-state index >= 15 is 0 Å². The van der Waals surface area contributed by atoms with Gasteiger partial charge in [-0.15, -0.1) is 10.2 Å². The summed E-state index contributed by atoms with van der Waals surface area (Å²) in [6, 6.07) is 30.6. The summed E-state index contributed by atoms with van der Waals surface area (Å²) in [5.41, 5.74) is 7.15. The zero-order valence-corrected chi connectivity index (χ0v) is 17.9. The van der Waals surface area contributed by atoms with Crippen LogP contribution in [0.4, 0.5) is 0 Å². The molecule has 33 heavy (non-hydrogen) atoms. The summed E-state index contributed by atoms with van der Waals surface area (Å²) in [6.07, 6.45) is 0. The van der Waals surface area contributed by atoms with Gasteiger partial charge in [-0.2, -0.15) is 0 Å². The van der Waals surface area contributed by atoms with E-state index < -0.39 is 0 Å². The van der Waals surface area contributed by atoms with Crippen molar-refractivity contribution in [3.05, 3.63) is 96.6 Å². The second kappa shape index (κ2) is 6.74. The lowest BCUT2D eigenvalue weighted by molar-refractivity contribution is 0.669. The molecular formula is C28H18N4O. The van der Waals surface area contributed by atoms with Crippen LogP contribution in [0.5, 0.6) is 0 Å². The number of hydrogen-bond acceptors (Lipinski definition) is 4. The molecule has 3 aromatic heterocycles. The summed E-state index contributed by atoms with van der Waals surface area (Å²) in [7, 11) is 0. The van der Waals surface area contributed by atoms with E-state index in [2.05, 4.69) is 52.0 Å². The van der Waals surface area contributed by atoms with Crippen LogP contribution in [0.3, 0.4) is 0 Å². The molecule has 3 heterocycles. The number of hydrogen-bond donors (Lipinski definition) is 0. The Kier molecular flexibility index (Phi) is 3.70. The Morgan fingerprint density at radius 1 is 0.727 bits per heavy atom. The highest BCUT2D eigenvalue weighted by molar-refractivity contribution is 6.11. The standard InChI is InChI=1S/C28H18N4O/c1-17-15-16-21(26-24(17)20-12-6-8-14-23(20)33-26)27-29-25-19-11-5-7-13-22(19)30-31-28(25)32(27)18-9-3-2-4-10-18/h2-16H,1H3. The van der Waals surface area contributed by atoms with Gasteiger partial charge in [0.1, 0.15) is 16.7 Å². The topological polar surface area (TPSA) is 56.7 Å². The Morgan fingerprint density at radius 3 is 2.36 bits per heavy atom. The maximum Gasteiger partial charge on any atom is 0.188 e. The van der Waals surface area contributed by atoms with E-state index in [4.69, 9.17) is 9.40 Å². The molecule has 4 aromatic carbocycles. The van der Waals surface area contributed by atoms with Gasteiger partial charge in [0.2, 0.25) is 0 Å². The molecule has 5 nitrogen and oxygen atoms in total. The fraction of sp³-hybridized carbons (Fsp3) is 0.0357. The first-order chi connectivity index (χ1) is 16.3. The van der Waals surface area contributed by atoms with Crippen LogP contribution in [-0.4, -0.2) is 19.7 Å². The average Bonchev–Trinajstić information content (AvgIpc) is 3.44. The molecule has 0 fully saturated rings. The van der Waals surface area contributed by atoms with Crippen LogP contribution in [0, 0.1) is 6.92 Å². The second-order valence-electron chi connectivity index (χ2n) is 8.23. The Balaban J connectivity index is 1.66. The van der Waals surface area contributed by atoms with E-state index in [1.807, 2.05) is 60.7 Å². The molecule has 0 spiro atoms. The molecule has 0 atom stereocenters. The first-order valence-corrected chi connectivity index (χ1v) is 10.9.